The van der Waals surface area contributed by atoms with Gasteiger partial charge in [0.25, 0.3) is 5.91 Å². The van der Waals surface area contributed by atoms with E-state index in [1.165, 1.54) is 6.33 Å². The Balaban J connectivity index is 1.67. The molecule has 1 aromatic heterocycles. The van der Waals surface area contributed by atoms with Gasteiger partial charge in [0.15, 0.2) is 0 Å². The number of aliphatic hydroxyl groups excluding tert-OH is 1. The molecule has 2 atom stereocenters. The van der Waals surface area contributed by atoms with Gasteiger partial charge in [-0.3, -0.25) is 9.59 Å². The average Bonchev–Trinajstić information content (AvgIpc) is 2.60. The Morgan fingerprint density at radius 2 is 2.26 bits per heavy atom. The minimum atomic E-state index is -0.0651. The quantitative estimate of drug-likeness (QED) is 0.863. The molecule has 0 spiro atoms. The zero-order valence-corrected chi connectivity index (χ0v) is 13.1. The van der Waals surface area contributed by atoms with Gasteiger partial charge in [0.05, 0.1) is 0 Å². The molecule has 0 radical (unpaired) electrons. The molecule has 0 aliphatic carbocycles. The van der Waals surface area contributed by atoms with Crippen LogP contribution >= 0.6 is 0 Å². The van der Waals surface area contributed by atoms with Gasteiger partial charge in [-0.15, -0.1) is 0 Å². The fraction of sp³-hybridized carbons (Fsp3) is 0.625. The van der Waals surface area contributed by atoms with E-state index in [2.05, 4.69) is 9.97 Å². The van der Waals surface area contributed by atoms with Crippen molar-refractivity contribution in [2.24, 2.45) is 5.92 Å². The van der Waals surface area contributed by atoms with Gasteiger partial charge in [0, 0.05) is 44.9 Å². The van der Waals surface area contributed by atoms with E-state index in [0.717, 1.165) is 12.8 Å². The van der Waals surface area contributed by atoms with Gasteiger partial charge in [0.2, 0.25) is 5.91 Å². The summed E-state index contributed by atoms with van der Waals surface area (Å²) < 4.78 is 0. The van der Waals surface area contributed by atoms with Gasteiger partial charge in [-0.1, -0.05) is 0 Å². The lowest BCUT2D eigenvalue weighted by Gasteiger charge is -2.47. The van der Waals surface area contributed by atoms with Crippen LogP contribution in [0.4, 0.5) is 0 Å². The maximum Gasteiger partial charge on any atom is 0.272 e. The summed E-state index contributed by atoms with van der Waals surface area (Å²) in [5.41, 5.74) is 0.419. The summed E-state index contributed by atoms with van der Waals surface area (Å²) >= 11 is 0. The van der Waals surface area contributed by atoms with Crippen LogP contribution in [0.1, 0.15) is 36.2 Å². The highest BCUT2D eigenvalue weighted by Crippen LogP contribution is 2.31. The second-order valence-corrected chi connectivity index (χ2v) is 6.16. The van der Waals surface area contributed by atoms with Gasteiger partial charge in [-0.2, -0.15) is 0 Å². The molecule has 0 unspecified atom stereocenters. The molecule has 7 heteroatoms. The lowest BCUT2D eigenvalue weighted by molar-refractivity contribution is -0.140. The lowest BCUT2D eigenvalue weighted by atomic mass is 9.83. The van der Waals surface area contributed by atoms with Crippen molar-refractivity contribution in [3.63, 3.8) is 0 Å². The highest BCUT2D eigenvalue weighted by molar-refractivity contribution is 5.92. The Kier molecular flexibility index (Phi) is 4.85. The number of rotatable bonds is 4. The first kappa shape index (κ1) is 15.9. The maximum absolute atomic E-state index is 12.5. The molecule has 0 bridgehead atoms. The maximum atomic E-state index is 12.5. The van der Waals surface area contributed by atoms with Crippen molar-refractivity contribution in [3.05, 3.63) is 24.3 Å². The van der Waals surface area contributed by atoms with Crippen LogP contribution < -0.4 is 0 Å². The molecule has 23 heavy (non-hydrogen) atoms. The average molecular weight is 318 g/mol. The summed E-state index contributed by atoms with van der Waals surface area (Å²) in [5, 5.41) is 9.02. The topological polar surface area (TPSA) is 86.6 Å². The number of piperidine rings is 2. The van der Waals surface area contributed by atoms with Crippen LogP contribution in [0.3, 0.4) is 0 Å². The van der Waals surface area contributed by atoms with Crippen LogP contribution in [0.5, 0.6) is 0 Å². The Morgan fingerprint density at radius 1 is 1.39 bits per heavy atom. The molecule has 2 fully saturated rings. The molecule has 2 aliphatic heterocycles. The summed E-state index contributed by atoms with van der Waals surface area (Å²) in [7, 11) is 0. The molecular formula is C16H22N4O3. The van der Waals surface area contributed by atoms with Gasteiger partial charge >= 0.3 is 0 Å². The van der Waals surface area contributed by atoms with Crippen LogP contribution in [0, 0.1) is 5.92 Å². The van der Waals surface area contributed by atoms with Gasteiger partial charge in [-0.05, 0) is 31.2 Å². The number of nitrogens with zero attached hydrogens (tertiary/aromatic N) is 4. The first-order chi connectivity index (χ1) is 11.2. The largest absolute Gasteiger partial charge is 0.396 e. The smallest absolute Gasteiger partial charge is 0.272 e. The highest BCUT2D eigenvalue weighted by atomic mass is 16.3. The van der Waals surface area contributed by atoms with E-state index in [4.69, 9.17) is 5.11 Å². The van der Waals surface area contributed by atoms with Crippen LogP contribution in [0.2, 0.25) is 0 Å². The van der Waals surface area contributed by atoms with Gasteiger partial charge < -0.3 is 14.9 Å². The Hall–Kier alpha value is -2.02. The van der Waals surface area contributed by atoms with Crippen LogP contribution in [0.15, 0.2) is 18.6 Å². The van der Waals surface area contributed by atoms with Crippen molar-refractivity contribution in [2.75, 3.05) is 26.2 Å². The van der Waals surface area contributed by atoms with Crippen molar-refractivity contribution < 1.29 is 14.7 Å². The van der Waals surface area contributed by atoms with Crippen molar-refractivity contribution >= 4 is 11.8 Å². The molecule has 3 rings (SSSR count). The molecule has 2 aliphatic rings. The van der Waals surface area contributed by atoms with Crippen LogP contribution in [0.25, 0.3) is 0 Å². The third kappa shape index (κ3) is 3.34. The van der Waals surface area contributed by atoms with E-state index in [-0.39, 0.29) is 24.5 Å². The third-order valence-corrected chi connectivity index (χ3v) is 4.79. The van der Waals surface area contributed by atoms with E-state index < -0.39 is 0 Å². The lowest BCUT2D eigenvalue weighted by Crippen LogP contribution is -2.57. The number of carbonyl (C=O) groups excluding carboxylic acids is 2. The molecule has 1 N–H and O–H groups in total. The molecule has 0 saturated carbocycles. The van der Waals surface area contributed by atoms with Crippen molar-refractivity contribution in [3.8, 4) is 0 Å². The molecule has 1 aromatic rings. The summed E-state index contributed by atoms with van der Waals surface area (Å²) in [4.78, 5) is 36.3. The second-order valence-electron chi connectivity index (χ2n) is 6.16. The predicted molar refractivity (Wildman–Crippen MR) is 82.5 cm³/mol. The SMILES string of the molecule is O=C(c1ccncn1)N1CC[C@@H]2[C@@H](CCC(=O)N2CCCO)C1. The van der Waals surface area contributed by atoms with Crippen molar-refractivity contribution in [1.82, 2.24) is 19.8 Å². The number of likely N-dealkylation sites (tertiary alicyclic amines) is 2. The fourth-order valence-corrected chi connectivity index (χ4v) is 3.65. The van der Waals surface area contributed by atoms with E-state index >= 15 is 0 Å². The van der Waals surface area contributed by atoms with E-state index in [1.807, 2.05) is 9.80 Å². The molecule has 2 amide bonds. The summed E-state index contributed by atoms with van der Waals surface area (Å²) in [6.07, 6.45) is 5.71. The van der Waals surface area contributed by atoms with Crippen LogP contribution in [-0.4, -0.2) is 69.0 Å². The molecule has 0 aromatic carbocycles. The number of hydrogen-bond acceptors (Lipinski definition) is 5. The van der Waals surface area contributed by atoms with Crippen molar-refractivity contribution in [2.45, 2.75) is 31.7 Å². The summed E-state index contributed by atoms with van der Waals surface area (Å²) in [5.74, 6) is 0.422. The molecule has 2 saturated heterocycles. The van der Waals surface area contributed by atoms with Gasteiger partial charge in [-0.25, -0.2) is 9.97 Å². The summed E-state index contributed by atoms with van der Waals surface area (Å²) in [6, 6.07) is 1.82. The number of amides is 2. The highest BCUT2D eigenvalue weighted by Gasteiger charge is 2.40. The zero-order chi connectivity index (χ0) is 16.2. The standard InChI is InChI=1S/C16H22N4O3/c21-9-1-7-20-14-5-8-19(10-12(14)2-3-15(20)22)16(23)13-4-6-17-11-18-13/h4,6,11-12,14,21H,1-3,5,7-10H2/t12-,14+/m0/s1. The van der Waals surface area contributed by atoms with E-state index in [9.17, 15) is 9.59 Å². The van der Waals surface area contributed by atoms with Crippen molar-refractivity contribution in [1.29, 1.82) is 0 Å². The third-order valence-electron chi connectivity index (χ3n) is 4.79. The normalized spacial score (nSPS) is 24.5. The minimum absolute atomic E-state index is 0.0651. The minimum Gasteiger partial charge on any atom is -0.396 e. The number of fused-ring (bicyclic) bond motifs is 1. The Morgan fingerprint density at radius 3 is 3.00 bits per heavy atom. The molecule has 3 heterocycles. The molecule has 124 valence electrons. The first-order valence-corrected chi connectivity index (χ1v) is 8.16. The number of aliphatic hydroxyl groups is 1. The molecule has 7 nitrogen and oxygen atoms in total. The second kappa shape index (κ2) is 7.04. The monoisotopic (exact) mass is 318 g/mol. The Labute approximate surface area is 135 Å². The number of aromatic nitrogens is 2. The predicted octanol–water partition coefficient (Wildman–Crippen LogP) is 0.312. The fourth-order valence-electron chi connectivity index (χ4n) is 3.65. The van der Waals surface area contributed by atoms with Crippen LogP contribution in [-0.2, 0) is 4.79 Å². The number of carbonyl (C=O) groups is 2. The number of hydrogen-bond donors (Lipinski definition) is 1. The van der Waals surface area contributed by atoms with E-state index in [1.54, 1.807) is 12.3 Å². The summed E-state index contributed by atoms with van der Waals surface area (Å²) in [6.45, 7) is 2.00. The van der Waals surface area contributed by atoms with E-state index in [0.29, 0.717) is 44.1 Å². The first-order valence-electron chi connectivity index (χ1n) is 8.16. The van der Waals surface area contributed by atoms with Gasteiger partial charge in [0.1, 0.15) is 12.0 Å². The Bertz CT molecular complexity index is 566. The molecular weight excluding hydrogens is 296 g/mol. The zero-order valence-electron chi connectivity index (χ0n) is 13.1.